The number of hydrogen-bond acceptors (Lipinski definition) is 4. The zero-order valence-corrected chi connectivity index (χ0v) is 14.0. The van der Waals surface area contributed by atoms with E-state index < -0.39 is 12.1 Å². The van der Waals surface area contributed by atoms with E-state index in [0.29, 0.717) is 6.42 Å². The highest BCUT2D eigenvalue weighted by Gasteiger charge is 2.38. The van der Waals surface area contributed by atoms with Crippen LogP contribution in [0.25, 0.3) is 0 Å². The minimum Gasteiger partial charge on any atom is -0.481 e. The molecule has 0 spiro atoms. The number of nitrogens with zero attached hydrogens (tertiary/aromatic N) is 1. The molecule has 6 heteroatoms. The van der Waals surface area contributed by atoms with Gasteiger partial charge in [-0.2, -0.15) is 0 Å². The molecule has 0 bridgehead atoms. The summed E-state index contributed by atoms with van der Waals surface area (Å²) < 4.78 is 5.04. The van der Waals surface area contributed by atoms with E-state index in [-0.39, 0.29) is 43.2 Å². The van der Waals surface area contributed by atoms with Crippen molar-refractivity contribution in [3.63, 3.8) is 0 Å². The van der Waals surface area contributed by atoms with Crippen molar-refractivity contribution in [2.75, 3.05) is 6.61 Å². The maximum Gasteiger partial charge on any atom is 0.416 e. The summed E-state index contributed by atoms with van der Waals surface area (Å²) in [5.41, 5.74) is 1.02. The molecule has 1 saturated heterocycles. The lowest BCUT2D eigenvalue weighted by Crippen LogP contribution is -2.41. The first-order valence-corrected chi connectivity index (χ1v) is 8.13. The van der Waals surface area contributed by atoms with Crippen molar-refractivity contribution in [1.29, 1.82) is 0 Å². The molecule has 1 fully saturated rings. The van der Waals surface area contributed by atoms with Gasteiger partial charge in [0.1, 0.15) is 6.61 Å². The second kappa shape index (κ2) is 7.95. The average Bonchev–Trinajstić information content (AvgIpc) is 2.87. The minimum absolute atomic E-state index is 0.0321. The Labute approximate surface area is 141 Å². The number of aliphatic carboxylic acids is 1. The molecule has 0 unspecified atom stereocenters. The van der Waals surface area contributed by atoms with Crippen molar-refractivity contribution >= 4 is 18.0 Å². The Balaban J connectivity index is 2.07. The van der Waals surface area contributed by atoms with E-state index in [4.69, 9.17) is 9.84 Å². The molecule has 1 heterocycles. The highest BCUT2D eigenvalue weighted by molar-refractivity contribution is 5.93. The Morgan fingerprint density at radius 3 is 2.50 bits per heavy atom. The van der Waals surface area contributed by atoms with Gasteiger partial charge in [0.05, 0.1) is 6.04 Å². The molecule has 2 atom stereocenters. The van der Waals surface area contributed by atoms with Crippen molar-refractivity contribution in [2.24, 2.45) is 11.8 Å². The van der Waals surface area contributed by atoms with Crippen LogP contribution in [0.3, 0.4) is 0 Å². The first-order chi connectivity index (χ1) is 11.4. The van der Waals surface area contributed by atoms with Crippen molar-refractivity contribution in [3.05, 3.63) is 35.9 Å². The van der Waals surface area contributed by atoms with Gasteiger partial charge in [0.25, 0.3) is 0 Å². The molecule has 1 aromatic carbocycles. The van der Waals surface area contributed by atoms with Gasteiger partial charge < -0.3 is 9.84 Å². The third kappa shape index (κ3) is 4.57. The molecule has 0 saturated carbocycles. The Hall–Kier alpha value is -2.37. The highest BCUT2D eigenvalue weighted by Crippen LogP contribution is 2.24. The van der Waals surface area contributed by atoms with Crippen LogP contribution in [-0.2, 0) is 20.7 Å². The van der Waals surface area contributed by atoms with Crippen LogP contribution in [0.5, 0.6) is 0 Å². The first-order valence-electron chi connectivity index (χ1n) is 8.13. The summed E-state index contributed by atoms with van der Waals surface area (Å²) in [6.07, 6.45) is -0.164. The van der Waals surface area contributed by atoms with Crippen LogP contribution in [-0.4, -0.2) is 40.6 Å². The molecular formula is C18H23NO5. The lowest BCUT2D eigenvalue weighted by molar-refractivity contribution is -0.139. The Morgan fingerprint density at radius 2 is 1.92 bits per heavy atom. The molecule has 2 amide bonds. The molecule has 130 valence electrons. The topological polar surface area (TPSA) is 83.9 Å². The summed E-state index contributed by atoms with van der Waals surface area (Å²) in [5, 5.41) is 8.99. The van der Waals surface area contributed by atoms with Gasteiger partial charge in [-0.05, 0) is 23.8 Å². The van der Waals surface area contributed by atoms with Gasteiger partial charge in [-0.1, -0.05) is 44.2 Å². The van der Waals surface area contributed by atoms with E-state index in [0.717, 1.165) is 10.5 Å². The second-order valence-corrected chi connectivity index (χ2v) is 6.49. The van der Waals surface area contributed by atoms with E-state index in [1.54, 1.807) is 0 Å². The SMILES string of the molecule is CC(C)[C@H](CC(=O)O)CC(=O)N1C(=O)OC[C@@H]1Cc1ccccc1. The zero-order valence-electron chi connectivity index (χ0n) is 14.0. The summed E-state index contributed by atoms with van der Waals surface area (Å²) in [4.78, 5) is 36.7. The van der Waals surface area contributed by atoms with Gasteiger partial charge in [0.15, 0.2) is 0 Å². The van der Waals surface area contributed by atoms with Crippen LogP contribution < -0.4 is 0 Å². The normalized spacial score (nSPS) is 18.5. The van der Waals surface area contributed by atoms with E-state index in [2.05, 4.69) is 0 Å². The number of carbonyl (C=O) groups excluding carboxylic acids is 2. The summed E-state index contributed by atoms with van der Waals surface area (Å²) in [6.45, 7) is 3.93. The molecule has 1 aromatic rings. The van der Waals surface area contributed by atoms with Gasteiger partial charge in [0.2, 0.25) is 5.91 Å². The average molecular weight is 333 g/mol. The lowest BCUT2D eigenvalue weighted by atomic mass is 9.89. The minimum atomic E-state index is -0.939. The molecule has 0 radical (unpaired) electrons. The molecule has 1 aliphatic rings. The predicted octanol–water partition coefficient (Wildman–Crippen LogP) is 2.71. The van der Waals surface area contributed by atoms with Crippen LogP contribution in [0, 0.1) is 11.8 Å². The molecule has 24 heavy (non-hydrogen) atoms. The summed E-state index contributed by atoms with van der Waals surface area (Å²) >= 11 is 0. The van der Waals surface area contributed by atoms with Crippen LogP contribution in [0.4, 0.5) is 4.79 Å². The van der Waals surface area contributed by atoms with Crippen molar-refractivity contribution < 1.29 is 24.2 Å². The number of carbonyl (C=O) groups is 3. The fraction of sp³-hybridized carbons (Fsp3) is 0.500. The lowest BCUT2D eigenvalue weighted by Gasteiger charge is -2.24. The monoisotopic (exact) mass is 333 g/mol. The number of ether oxygens (including phenoxy) is 1. The standard InChI is InChI=1S/C18H23NO5/c1-12(2)14(10-17(21)22)9-16(20)19-15(11-24-18(19)23)8-13-6-4-3-5-7-13/h3-7,12,14-15H,8-11H2,1-2H3,(H,21,22)/t14-,15-/m0/s1. The van der Waals surface area contributed by atoms with Gasteiger partial charge in [-0.15, -0.1) is 0 Å². The number of carboxylic acid groups (broad SMARTS) is 1. The maximum absolute atomic E-state index is 12.6. The number of cyclic esters (lactones) is 1. The largest absolute Gasteiger partial charge is 0.481 e. The number of hydrogen-bond donors (Lipinski definition) is 1. The van der Waals surface area contributed by atoms with E-state index in [9.17, 15) is 14.4 Å². The zero-order chi connectivity index (χ0) is 17.7. The number of carboxylic acids is 1. The third-order valence-corrected chi connectivity index (χ3v) is 4.36. The Morgan fingerprint density at radius 1 is 1.25 bits per heavy atom. The fourth-order valence-electron chi connectivity index (χ4n) is 2.89. The Kier molecular flexibility index (Phi) is 5.95. The van der Waals surface area contributed by atoms with Crippen molar-refractivity contribution in [2.45, 2.75) is 39.2 Å². The number of imide groups is 1. The van der Waals surface area contributed by atoms with Crippen LogP contribution >= 0.6 is 0 Å². The quantitative estimate of drug-likeness (QED) is 0.829. The molecule has 6 nitrogen and oxygen atoms in total. The smallest absolute Gasteiger partial charge is 0.416 e. The predicted molar refractivity (Wildman–Crippen MR) is 87.3 cm³/mol. The Bertz CT molecular complexity index is 599. The summed E-state index contributed by atoms with van der Waals surface area (Å²) in [6, 6.07) is 9.24. The van der Waals surface area contributed by atoms with Crippen molar-refractivity contribution in [3.8, 4) is 0 Å². The fourth-order valence-corrected chi connectivity index (χ4v) is 2.89. The van der Waals surface area contributed by atoms with Crippen LogP contribution in [0.15, 0.2) is 30.3 Å². The van der Waals surface area contributed by atoms with Crippen molar-refractivity contribution in [1.82, 2.24) is 4.90 Å². The van der Waals surface area contributed by atoms with Crippen LogP contribution in [0.1, 0.15) is 32.3 Å². The number of rotatable bonds is 7. The molecule has 1 aliphatic heterocycles. The van der Waals surface area contributed by atoms with E-state index in [1.807, 2.05) is 44.2 Å². The van der Waals surface area contributed by atoms with Gasteiger partial charge in [-0.3, -0.25) is 9.59 Å². The second-order valence-electron chi connectivity index (χ2n) is 6.49. The van der Waals surface area contributed by atoms with E-state index in [1.165, 1.54) is 0 Å². The van der Waals surface area contributed by atoms with Gasteiger partial charge in [-0.25, -0.2) is 9.69 Å². The van der Waals surface area contributed by atoms with Gasteiger partial charge in [0, 0.05) is 12.8 Å². The highest BCUT2D eigenvalue weighted by atomic mass is 16.6. The summed E-state index contributed by atoms with van der Waals surface area (Å²) in [5.74, 6) is -1.57. The number of benzene rings is 1. The van der Waals surface area contributed by atoms with Gasteiger partial charge >= 0.3 is 12.1 Å². The molecule has 0 aliphatic carbocycles. The van der Waals surface area contributed by atoms with Crippen LogP contribution in [0.2, 0.25) is 0 Å². The molecule has 2 rings (SSSR count). The third-order valence-electron chi connectivity index (χ3n) is 4.36. The first kappa shape index (κ1) is 18.0. The summed E-state index contributed by atoms with van der Waals surface area (Å²) in [7, 11) is 0. The molecular weight excluding hydrogens is 310 g/mol. The maximum atomic E-state index is 12.6. The molecule has 1 N–H and O–H groups in total. The molecule has 0 aromatic heterocycles. The van der Waals surface area contributed by atoms with E-state index >= 15 is 0 Å². The number of amides is 2.